The summed E-state index contributed by atoms with van der Waals surface area (Å²) in [6, 6.07) is 9.50. The summed E-state index contributed by atoms with van der Waals surface area (Å²) >= 11 is 0. The van der Waals surface area contributed by atoms with Crippen LogP contribution in [0.5, 0.6) is 11.5 Å². The van der Waals surface area contributed by atoms with Gasteiger partial charge < -0.3 is 18.9 Å². The molecule has 3 aromatic rings. The Hall–Kier alpha value is -3.32. The van der Waals surface area contributed by atoms with Gasteiger partial charge in [0.25, 0.3) is 0 Å². The van der Waals surface area contributed by atoms with E-state index in [0.717, 1.165) is 18.2 Å². The normalized spacial score (nSPS) is 20.9. The smallest absolute Gasteiger partial charge is 0.487 e. The van der Waals surface area contributed by atoms with Crippen LogP contribution in [0.25, 0.3) is 0 Å². The van der Waals surface area contributed by atoms with Crippen molar-refractivity contribution in [3.8, 4) is 11.5 Å². The van der Waals surface area contributed by atoms with Gasteiger partial charge in [-0.1, -0.05) is 24.3 Å². The third kappa shape index (κ3) is 5.59. The van der Waals surface area contributed by atoms with Crippen LogP contribution in [0.2, 0.25) is 0 Å². The summed E-state index contributed by atoms with van der Waals surface area (Å²) in [7, 11) is 0. The van der Waals surface area contributed by atoms with Crippen molar-refractivity contribution in [2.24, 2.45) is 0 Å². The van der Waals surface area contributed by atoms with Gasteiger partial charge in [-0.2, -0.15) is 18.3 Å². The van der Waals surface area contributed by atoms with Gasteiger partial charge in [-0.05, 0) is 24.3 Å². The summed E-state index contributed by atoms with van der Waals surface area (Å²) in [6.07, 6.45) is -7.52. The van der Waals surface area contributed by atoms with E-state index in [1.165, 1.54) is 47.7 Å². The summed E-state index contributed by atoms with van der Waals surface area (Å²) in [5, 5.41) is 3.98. The second-order valence-electron chi connectivity index (χ2n) is 7.28. The number of alkyl halides is 6. The molecular formula is C21H17F6N3O4. The molecule has 1 aromatic heterocycles. The number of para-hydroxylation sites is 2. The third-order valence-corrected chi connectivity index (χ3v) is 4.85. The van der Waals surface area contributed by atoms with Crippen LogP contribution in [0.15, 0.2) is 61.2 Å². The molecule has 0 N–H and O–H groups in total. The minimum Gasteiger partial charge on any atom is -0.487 e. The van der Waals surface area contributed by atoms with Crippen molar-refractivity contribution in [3.05, 3.63) is 72.3 Å². The molecule has 1 aliphatic rings. The molecule has 2 unspecified atom stereocenters. The Morgan fingerprint density at radius 2 is 1.71 bits per heavy atom. The largest absolute Gasteiger partial charge is 0.573 e. The maximum Gasteiger partial charge on any atom is 0.573 e. The lowest BCUT2D eigenvalue weighted by atomic mass is 10.0. The van der Waals surface area contributed by atoms with Crippen molar-refractivity contribution in [1.82, 2.24) is 14.8 Å². The van der Waals surface area contributed by atoms with Gasteiger partial charge in [-0.25, -0.2) is 9.67 Å². The Bertz CT molecular complexity index is 1090. The average Bonchev–Trinajstić information content (AvgIpc) is 3.42. The Balaban J connectivity index is 1.51. The predicted molar refractivity (Wildman–Crippen MR) is 103 cm³/mol. The Morgan fingerprint density at radius 3 is 2.32 bits per heavy atom. The van der Waals surface area contributed by atoms with Crippen LogP contribution < -0.4 is 9.47 Å². The van der Waals surface area contributed by atoms with E-state index in [9.17, 15) is 26.3 Å². The first-order valence-corrected chi connectivity index (χ1v) is 9.84. The number of rotatable bonds is 7. The van der Waals surface area contributed by atoms with Crippen LogP contribution in [0.3, 0.4) is 0 Å². The molecule has 1 fully saturated rings. The highest BCUT2D eigenvalue weighted by Gasteiger charge is 2.45. The fraction of sp³-hybridized carbons (Fsp3) is 0.333. The molecule has 0 spiro atoms. The molecule has 0 amide bonds. The first-order valence-electron chi connectivity index (χ1n) is 9.84. The molecule has 7 nitrogen and oxygen atoms in total. The number of nitrogens with zero attached hydrogens (tertiary/aromatic N) is 3. The Kier molecular flexibility index (Phi) is 6.41. The van der Waals surface area contributed by atoms with Gasteiger partial charge in [0, 0.05) is 5.56 Å². The number of aromatic nitrogens is 3. The van der Waals surface area contributed by atoms with Crippen LogP contribution in [0.4, 0.5) is 26.3 Å². The molecule has 0 bridgehead atoms. The van der Waals surface area contributed by atoms with E-state index in [1.54, 1.807) is 0 Å². The molecule has 1 saturated heterocycles. The summed E-state index contributed by atoms with van der Waals surface area (Å²) in [5.41, 5.74) is -0.550. The molecule has 34 heavy (non-hydrogen) atoms. The zero-order chi connectivity index (χ0) is 24.4. The van der Waals surface area contributed by atoms with Gasteiger partial charge in [0.05, 0.1) is 12.2 Å². The quantitative estimate of drug-likeness (QED) is 0.454. The minimum atomic E-state index is -4.90. The Morgan fingerprint density at radius 1 is 1.00 bits per heavy atom. The number of benzene rings is 2. The topological polar surface area (TPSA) is 67.6 Å². The average molecular weight is 489 g/mol. The second kappa shape index (κ2) is 9.14. The molecule has 0 radical (unpaired) electrons. The number of hydrogen-bond donors (Lipinski definition) is 0. The molecule has 2 atom stereocenters. The van der Waals surface area contributed by atoms with Gasteiger partial charge in [0.1, 0.15) is 31.9 Å². The van der Waals surface area contributed by atoms with E-state index >= 15 is 0 Å². The molecular weight excluding hydrogens is 472 g/mol. The standard InChI is InChI=1S/C21H17F6N3O4/c22-20(23,24)15-7-5-14(6-8-15)19(11-30-13-28-12-29-30)32-10-16(33-19)9-31-17-3-1-2-4-18(17)34-21(25,26)27/h1-8,12-13,16H,9-11H2. The van der Waals surface area contributed by atoms with Crippen LogP contribution >= 0.6 is 0 Å². The van der Waals surface area contributed by atoms with Crippen LogP contribution in [-0.4, -0.2) is 40.4 Å². The van der Waals surface area contributed by atoms with Gasteiger partial charge >= 0.3 is 12.5 Å². The highest BCUT2D eigenvalue weighted by Crippen LogP contribution is 2.39. The fourth-order valence-corrected chi connectivity index (χ4v) is 3.37. The van der Waals surface area contributed by atoms with Crippen LogP contribution in [-0.2, 0) is 28.0 Å². The maximum atomic E-state index is 13.0. The lowest BCUT2D eigenvalue weighted by molar-refractivity contribution is -0.275. The van der Waals surface area contributed by atoms with E-state index in [1.807, 2.05) is 0 Å². The summed E-state index contributed by atoms with van der Waals surface area (Å²) in [4.78, 5) is 3.83. The second-order valence-corrected chi connectivity index (χ2v) is 7.28. The summed E-state index contributed by atoms with van der Waals surface area (Å²) in [5.74, 6) is -2.20. The molecule has 2 heterocycles. The number of halogens is 6. The first-order chi connectivity index (χ1) is 16.0. The van der Waals surface area contributed by atoms with E-state index in [0.29, 0.717) is 5.56 Å². The van der Waals surface area contributed by atoms with Gasteiger partial charge in [-0.15, -0.1) is 13.2 Å². The van der Waals surface area contributed by atoms with Gasteiger partial charge in [0.15, 0.2) is 11.5 Å². The lowest BCUT2D eigenvalue weighted by Gasteiger charge is -2.28. The highest BCUT2D eigenvalue weighted by atomic mass is 19.4. The molecule has 1 aliphatic heterocycles. The van der Waals surface area contributed by atoms with Crippen molar-refractivity contribution in [2.45, 2.75) is 31.0 Å². The van der Waals surface area contributed by atoms with E-state index in [4.69, 9.17) is 14.2 Å². The molecule has 2 aromatic carbocycles. The van der Waals surface area contributed by atoms with E-state index in [2.05, 4.69) is 14.8 Å². The lowest BCUT2D eigenvalue weighted by Crippen LogP contribution is -2.34. The molecule has 4 rings (SSSR count). The summed E-state index contributed by atoms with van der Waals surface area (Å²) < 4.78 is 99.5. The summed E-state index contributed by atoms with van der Waals surface area (Å²) in [6.45, 7) is -0.293. The van der Waals surface area contributed by atoms with Crippen molar-refractivity contribution >= 4 is 0 Å². The van der Waals surface area contributed by atoms with Crippen LogP contribution in [0, 0.1) is 0 Å². The minimum absolute atomic E-state index is 0.0391. The van der Waals surface area contributed by atoms with Crippen molar-refractivity contribution in [3.63, 3.8) is 0 Å². The fourth-order valence-electron chi connectivity index (χ4n) is 3.37. The SMILES string of the molecule is FC(F)(F)Oc1ccccc1OCC1COC(Cn2cncn2)(c2ccc(C(F)(F)F)cc2)O1. The Labute approximate surface area is 188 Å². The predicted octanol–water partition coefficient (Wildman–Crippen LogP) is 4.54. The first kappa shape index (κ1) is 23.8. The zero-order valence-electron chi connectivity index (χ0n) is 17.2. The molecule has 13 heteroatoms. The van der Waals surface area contributed by atoms with Gasteiger partial charge in [0.2, 0.25) is 5.79 Å². The maximum absolute atomic E-state index is 13.0. The molecule has 0 saturated carbocycles. The van der Waals surface area contributed by atoms with Gasteiger partial charge in [-0.3, -0.25) is 0 Å². The monoisotopic (exact) mass is 489 g/mol. The van der Waals surface area contributed by atoms with Crippen molar-refractivity contribution in [1.29, 1.82) is 0 Å². The zero-order valence-corrected chi connectivity index (χ0v) is 17.2. The highest BCUT2D eigenvalue weighted by molar-refractivity contribution is 5.39. The third-order valence-electron chi connectivity index (χ3n) is 4.85. The van der Waals surface area contributed by atoms with Crippen LogP contribution in [0.1, 0.15) is 11.1 Å². The molecule has 182 valence electrons. The number of ether oxygens (including phenoxy) is 4. The van der Waals surface area contributed by atoms with E-state index in [-0.39, 0.29) is 25.5 Å². The van der Waals surface area contributed by atoms with Crippen molar-refractivity contribution in [2.75, 3.05) is 13.2 Å². The van der Waals surface area contributed by atoms with E-state index < -0.39 is 35.7 Å². The van der Waals surface area contributed by atoms with Crippen molar-refractivity contribution < 1.29 is 45.3 Å². The molecule has 0 aliphatic carbocycles. The number of hydrogen-bond acceptors (Lipinski definition) is 6.